The largest absolute Gasteiger partial charge is 0.488 e. The van der Waals surface area contributed by atoms with E-state index in [4.69, 9.17) is 9.47 Å². The summed E-state index contributed by atoms with van der Waals surface area (Å²) in [7, 11) is 0. The molecule has 1 saturated carbocycles. The van der Waals surface area contributed by atoms with Crippen molar-refractivity contribution in [2.24, 2.45) is 0 Å². The lowest BCUT2D eigenvalue weighted by Crippen LogP contribution is -2.39. The third-order valence-electron chi connectivity index (χ3n) is 5.13. The van der Waals surface area contributed by atoms with Crippen molar-refractivity contribution >= 4 is 23.1 Å². The lowest BCUT2D eigenvalue weighted by Gasteiger charge is -2.21. The second-order valence-corrected chi connectivity index (χ2v) is 8.13. The molecule has 2 amide bonds. The Kier molecular flexibility index (Phi) is 5.13. The number of benzene rings is 1. The minimum absolute atomic E-state index is 0.0273. The number of rotatable bonds is 5. The standard InChI is InChI=1S/C20H24N2O3S/c23-19(22-16-12-20(25-13-16)9-1-2-10-20)21-15-5-7-17(8-6-15)24-14-18-4-3-11-26-18/h3-8,11,16H,1-2,9-10,12-14H2,(H2,21,22,23). The molecule has 1 atom stereocenters. The summed E-state index contributed by atoms with van der Waals surface area (Å²) in [6.07, 6.45) is 5.65. The highest BCUT2D eigenvalue weighted by atomic mass is 32.1. The highest BCUT2D eigenvalue weighted by Gasteiger charge is 2.42. The first-order chi connectivity index (χ1) is 12.7. The van der Waals surface area contributed by atoms with Crippen LogP contribution in [0.3, 0.4) is 0 Å². The van der Waals surface area contributed by atoms with Gasteiger partial charge in [0.2, 0.25) is 0 Å². The number of nitrogens with one attached hydrogen (secondary N) is 2. The van der Waals surface area contributed by atoms with Crippen molar-refractivity contribution in [1.29, 1.82) is 0 Å². The molecule has 2 aromatic rings. The van der Waals surface area contributed by atoms with Crippen LogP contribution in [0.5, 0.6) is 5.75 Å². The lowest BCUT2D eigenvalue weighted by atomic mass is 9.96. The van der Waals surface area contributed by atoms with Crippen molar-refractivity contribution in [3.63, 3.8) is 0 Å². The Morgan fingerprint density at radius 3 is 2.77 bits per heavy atom. The molecule has 5 nitrogen and oxygen atoms in total. The predicted octanol–water partition coefficient (Wildman–Crippen LogP) is 4.55. The lowest BCUT2D eigenvalue weighted by molar-refractivity contribution is 0.00998. The van der Waals surface area contributed by atoms with E-state index in [1.54, 1.807) is 11.3 Å². The van der Waals surface area contributed by atoms with Crippen molar-refractivity contribution in [3.05, 3.63) is 46.7 Å². The molecule has 1 unspecified atom stereocenters. The molecule has 6 heteroatoms. The van der Waals surface area contributed by atoms with Gasteiger partial charge in [0.15, 0.2) is 0 Å². The second kappa shape index (κ2) is 7.68. The molecule has 1 aliphatic carbocycles. The minimum Gasteiger partial charge on any atom is -0.488 e. The zero-order valence-electron chi connectivity index (χ0n) is 14.7. The highest BCUT2D eigenvalue weighted by Crippen LogP contribution is 2.40. The van der Waals surface area contributed by atoms with Crippen LogP contribution < -0.4 is 15.4 Å². The fourth-order valence-corrected chi connectivity index (χ4v) is 4.46. The summed E-state index contributed by atoms with van der Waals surface area (Å²) in [6, 6.07) is 11.4. The van der Waals surface area contributed by atoms with Crippen LogP contribution in [-0.4, -0.2) is 24.3 Å². The van der Waals surface area contributed by atoms with Gasteiger partial charge >= 0.3 is 6.03 Å². The SMILES string of the molecule is O=C(Nc1ccc(OCc2cccs2)cc1)NC1COC2(CCCC2)C1. The quantitative estimate of drug-likeness (QED) is 0.809. The van der Waals surface area contributed by atoms with E-state index < -0.39 is 0 Å². The molecular formula is C20H24N2O3S. The fourth-order valence-electron chi connectivity index (χ4n) is 3.84. The van der Waals surface area contributed by atoms with E-state index in [0.717, 1.165) is 30.7 Å². The minimum atomic E-state index is -0.180. The molecule has 1 aromatic carbocycles. The smallest absolute Gasteiger partial charge is 0.319 e. The number of amides is 2. The number of thiophene rings is 1. The summed E-state index contributed by atoms with van der Waals surface area (Å²) in [5.41, 5.74) is 0.778. The molecule has 1 spiro atoms. The summed E-state index contributed by atoms with van der Waals surface area (Å²) in [6.45, 7) is 1.18. The Balaban J connectivity index is 1.24. The molecule has 4 rings (SSSR count). The molecule has 2 N–H and O–H groups in total. The number of urea groups is 1. The van der Waals surface area contributed by atoms with Crippen molar-refractivity contribution in [3.8, 4) is 5.75 Å². The molecule has 138 valence electrons. The summed E-state index contributed by atoms with van der Waals surface area (Å²) in [4.78, 5) is 13.4. The first kappa shape index (κ1) is 17.4. The molecule has 1 saturated heterocycles. The third kappa shape index (κ3) is 4.19. The van der Waals surface area contributed by atoms with Gasteiger partial charge in [-0.3, -0.25) is 0 Å². The molecule has 26 heavy (non-hydrogen) atoms. The first-order valence-corrected chi connectivity index (χ1v) is 10.1. The van der Waals surface area contributed by atoms with E-state index in [-0.39, 0.29) is 17.7 Å². The Bertz CT molecular complexity index is 724. The van der Waals surface area contributed by atoms with Crippen LogP contribution in [-0.2, 0) is 11.3 Å². The molecule has 2 heterocycles. The number of anilines is 1. The normalized spacial score (nSPS) is 21.0. The number of carbonyl (C=O) groups is 1. The Morgan fingerprint density at radius 1 is 1.23 bits per heavy atom. The topological polar surface area (TPSA) is 59.6 Å². The zero-order chi connectivity index (χ0) is 17.8. The molecule has 0 radical (unpaired) electrons. The second-order valence-electron chi connectivity index (χ2n) is 7.09. The average Bonchev–Trinajstić information content (AvgIpc) is 3.39. The van der Waals surface area contributed by atoms with Crippen molar-refractivity contribution in [1.82, 2.24) is 5.32 Å². The summed E-state index contributed by atoms with van der Waals surface area (Å²) >= 11 is 1.68. The van der Waals surface area contributed by atoms with Gasteiger partial charge in [0.1, 0.15) is 12.4 Å². The van der Waals surface area contributed by atoms with E-state index in [9.17, 15) is 4.79 Å². The van der Waals surface area contributed by atoms with Gasteiger partial charge in [-0.2, -0.15) is 0 Å². The first-order valence-electron chi connectivity index (χ1n) is 9.18. The van der Waals surface area contributed by atoms with E-state index in [1.807, 2.05) is 41.8 Å². The van der Waals surface area contributed by atoms with E-state index >= 15 is 0 Å². The van der Waals surface area contributed by atoms with Crippen molar-refractivity contribution < 1.29 is 14.3 Å². The van der Waals surface area contributed by atoms with Crippen LogP contribution in [0.2, 0.25) is 0 Å². The average molecular weight is 372 g/mol. The van der Waals surface area contributed by atoms with Crippen LogP contribution >= 0.6 is 11.3 Å². The third-order valence-corrected chi connectivity index (χ3v) is 5.98. The molecule has 2 aliphatic rings. The van der Waals surface area contributed by atoms with Gasteiger partial charge < -0.3 is 20.1 Å². The summed E-state index contributed by atoms with van der Waals surface area (Å²) < 4.78 is 11.7. The van der Waals surface area contributed by atoms with Crippen molar-refractivity contribution in [2.75, 3.05) is 11.9 Å². The molecular weight excluding hydrogens is 348 g/mol. The maximum absolute atomic E-state index is 12.2. The summed E-state index contributed by atoms with van der Waals surface area (Å²) in [5.74, 6) is 0.789. The van der Waals surface area contributed by atoms with Gasteiger partial charge in [0, 0.05) is 10.6 Å². The Hall–Kier alpha value is -2.05. The van der Waals surface area contributed by atoms with Crippen LogP contribution in [0, 0.1) is 0 Å². The number of hydrogen-bond donors (Lipinski definition) is 2. The predicted molar refractivity (Wildman–Crippen MR) is 103 cm³/mol. The van der Waals surface area contributed by atoms with Gasteiger partial charge in [-0.1, -0.05) is 18.9 Å². The van der Waals surface area contributed by atoms with Crippen LogP contribution in [0.25, 0.3) is 0 Å². The van der Waals surface area contributed by atoms with Crippen LogP contribution in [0.4, 0.5) is 10.5 Å². The number of ether oxygens (including phenoxy) is 2. The molecule has 1 aromatic heterocycles. The summed E-state index contributed by atoms with van der Waals surface area (Å²) in [5, 5.41) is 7.95. The Labute approximate surface area is 157 Å². The molecule has 1 aliphatic heterocycles. The molecule has 0 bridgehead atoms. The monoisotopic (exact) mass is 372 g/mol. The van der Waals surface area contributed by atoms with E-state index in [1.165, 1.54) is 17.7 Å². The van der Waals surface area contributed by atoms with Gasteiger partial charge in [-0.15, -0.1) is 11.3 Å². The number of carbonyl (C=O) groups excluding carboxylic acids is 1. The van der Waals surface area contributed by atoms with E-state index in [2.05, 4.69) is 10.6 Å². The van der Waals surface area contributed by atoms with Gasteiger partial charge in [0.25, 0.3) is 0 Å². The maximum Gasteiger partial charge on any atom is 0.319 e. The van der Waals surface area contributed by atoms with E-state index in [0.29, 0.717) is 13.2 Å². The Morgan fingerprint density at radius 2 is 2.04 bits per heavy atom. The fraction of sp³-hybridized carbons (Fsp3) is 0.450. The zero-order valence-corrected chi connectivity index (χ0v) is 15.5. The van der Waals surface area contributed by atoms with Gasteiger partial charge in [0.05, 0.1) is 18.2 Å². The van der Waals surface area contributed by atoms with Gasteiger partial charge in [-0.05, 0) is 55.0 Å². The van der Waals surface area contributed by atoms with Crippen molar-refractivity contribution in [2.45, 2.75) is 50.4 Å². The van der Waals surface area contributed by atoms with Gasteiger partial charge in [-0.25, -0.2) is 4.79 Å². The van der Waals surface area contributed by atoms with Crippen LogP contribution in [0.1, 0.15) is 37.0 Å². The number of hydrogen-bond acceptors (Lipinski definition) is 4. The molecule has 2 fully saturated rings. The maximum atomic E-state index is 12.2. The van der Waals surface area contributed by atoms with Crippen LogP contribution in [0.15, 0.2) is 41.8 Å². The highest BCUT2D eigenvalue weighted by molar-refractivity contribution is 7.09.